The molecule has 2 aromatic rings. The Morgan fingerprint density at radius 1 is 1.22 bits per heavy atom. The van der Waals surface area contributed by atoms with Gasteiger partial charge < -0.3 is 20.5 Å². The number of anilines is 2. The standard InChI is InChI=1S/C17H13F3IN3O3/c18-11-3-2-10(16(25)24-7-17(26,8-24)6-22-27)15(14(11)20)23-13-4-1-9(21)5-12(13)19/h1-6,23,26-27H,7-8H2/b22-6-. The molecule has 0 aromatic heterocycles. The molecule has 2 aromatic carbocycles. The molecule has 6 nitrogen and oxygen atoms in total. The molecule has 1 heterocycles. The van der Waals surface area contributed by atoms with E-state index < -0.39 is 34.6 Å². The van der Waals surface area contributed by atoms with Crippen LogP contribution in [0.2, 0.25) is 0 Å². The van der Waals surface area contributed by atoms with Gasteiger partial charge in [-0.2, -0.15) is 0 Å². The summed E-state index contributed by atoms with van der Waals surface area (Å²) < 4.78 is 42.7. The van der Waals surface area contributed by atoms with Crippen molar-refractivity contribution in [1.29, 1.82) is 0 Å². The van der Waals surface area contributed by atoms with Crippen LogP contribution in [0.25, 0.3) is 0 Å². The maximum atomic E-state index is 14.3. The lowest BCUT2D eigenvalue weighted by Crippen LogP contribution is -2.64. The average Bonchev–Trinajstić information content (AvgIpc) is 2.58. The van der Waals surface area contributed by atoms with Crippen LogP contribution in [-0.2, 0) is 0 Å². The number of rotatable bonds is 4. The van der Waals surface area contributed by atoms with E-state index in [1.807, 2.05) is 22.6 Å². The smallest absolute Gasteiger partial charge is 0.256 e. The zero-order valence-electron chi connectivity index (χ0n) is 13.6. The molecule has 10 heteroatoms. The molecule has 0 atom stereocenters. The number of likely N-dealkylation sites (tertiary alicyclic amines) is 1. The summed E-state index contributed by atoms with van der Waals surface area (Å²) >= 11 is 1.90. The number of carbonyl (C=O) groups excluding carboxylic acids is 1. The van der Waals surface area contributed by atoms with Crippen LogP contribution in [0.1, 0.15) is 10.4 Å². The normalized spacial score (nSPS) is 15.7. The van der Waals surface area contributed by atoms with E-state index in [-0.39, 0.29) is 24.3 Å². The molecule has 0 bridgehead atoms. The van der Waals surface area contributed by atoms with Crippen molar-refractivity contribution in [2.24, 2.45) is 5.16 Å². The van der Waals surface area contributed by atoms with Gasteiger partial charge in [0.25, 0.3) is 5.91 Å². The summed E-state index contributed by atoms with van der Waals surface area (Å²) in [7, 11) is 0. The maximum absolute atomic E-state index is 14.3. The zero-order chi connectivity index (χ0) is 19.8. The van der Waals surface area contributed by atoms with Crippen molar-refractivity contribution in [2.45, 2.75) is 5.60 Å². The number of nitrogens with zero attached hydrogens (tertiary/aromatic N) is 2. The van der Waals surface area contributed by atoms with Gasteiger partial charge in [-0.3, -0.25) is 4.79 Å². The fraction of sp³-hybridized carbons (Fsp3) is 0.176. The second kappa shape index (κ2) is 7.35. The van der Waals surface area contributed by atoms with Crippen LogP contribution in [0, 0.1) is 21.0 Å². The minimum absolute atomic E-state index is 0.124. The molecule has 1 saturated heterocycles. The van der Waals surface area contributed by atoms with E-state index in [4.69, 9.17) is 5.21 Å². The fourth-order valence-corrected chi connectivity index (χ4v) is 3.15. The summed E-state index contributed by atoms with van der Waals surface area (Å²) in [5, 5.41) is 23.6. The van der Waals surface area contributed by atoms with Crippen LogP contribution in [0.3, 0.4) is 0 Å². The quantitative estimate of drug-likeness (QED) is 0.266. The molecule has 0 saturated carbocycles. The molecule has 0 aliphatic carbocycles. The van der Waals surface area contributed by atoms with Gasteiger partial charge in [-0.1, -0.05) is 5.16 Å². The van der Waals surface area contributed by atoms with Crippen LogP contribution >= 0.6 is 22.6 Å². The molecule has 0 radical (unpaired) electrons. The third-order valence-corrected chi connectivity index (χ3v) is 4.70. The predicted octanol–water partition coefficient (Wildman–Crippen LogP) is 3.10. The molecular weight excluding hydrogens is 478 g/mol. The Hall–Kier alpha value is -2.34. The Bertz CT molecular complexity index is 933. The maximum Gasteiger partial charge on any atom is 0.256 e. The second-order valence-electron chi connectivity index (χ2n) is 6.04. The number of nitrogens with one attached hydrogen (secondary N) is 1. The highest BCUT2D eigenvalue weighted by Crippen LogP contribution is 2.31. The minimum Gasteiger partial charge on any atom is -0.411 e. The van der Waals surface area contributed by atoms with Crippen molar-refractivity contribution in [2.75, 3.05) is 18.4 Å². The molecule has 3 N–H and O–H groups in total. The number of hydrogen-bond acceptors (Lipinski definition) is 5. The summed E-state index contributed by atoms with van der Waals surface area (Å²) in [6.07, 6.45) is 0.877. The topological polar surface area (TPSA) is 85.2 Å². The van der Waals surface area contributed by atoms with Crippen LogP contribution in [0.4, 0.5) is 24.5 Å². The Morgan fingerprint density at radius 2 is 1.93 bits per heavy atom. The van der Waals surface area contributed by atoms with Crippen molar-refractivity contribution in [3.63, 3.8) is 0 Å². The zero-order valence-corrected chi connectivity index (χ0v) is 15.7. The molecule has 0 unspecified atom stereocenters. The van der Waals surface area contributed by atoms with Gasteiger partial charge in [0, 0.05) is 3.57 Å². The monoisotopic (exact) mass is 491 g/mol. The highest BCUT2D eigenvalue weighted by atomic mass is 127. The highest BCUT2D eigenvalue weighted by Gasteiger charge is 2.43. The first-order chi connectivity index (χ1) is 12.7. The lowest BCUT2D eigenvalue weighted by Gasteiger charge is -2.43. The summed E-state index contributed by atoms with van der Waals surface area (Å²) in [5.41, 5.74) is -2.35. The van der Waals surface area contributed by atoms with Gasteiger partial charge >= 0.3 is 0 Å². The van der Waals surface area contributed by atoms with E-state index in [1.54, 1.807) is 6.07 Å². The molecule has 27 heavy (non-hydrogen) atoms. The van der Waals surface area contributed by atoms with E-state index in [0.717, 1.165) is 23.2 Å². The number of oxime groups is 1. The Labute approximate surface area is 165 Å². The Balaban J connectivity index is 1.93. The first-order valence-electron chi connectivity index (χ1n) is 7.64. The molecule has 1 aliphatic heterocycles. The van der Waals surface area contributed by atoms with Crippen molar-refractivity contribution in [3.05, 3.63) is 56.9 Å². The van der Waals surface area contributed by atoms with Crippen molar-refractivity contribution in [3.8, 4) is 0 Å². The van der Waals surface area contributed by atoms with Gasteiger partial charge in [0.1, 0.15) is 11.4 Å². The summed E-state index contributed by atoms with van der Waals surface area (Å²) in [6, 6.07) is 5.97. The number of carbonyl (C=O) groups is 1. The summed E-state index contributed by atoms with van der Waals surface area (Å²) in [5.74, 6) is -3.92. The van der Waals surface area contributed by atoms with Crippen molar-refractivity contribution in [1.82, 2.24) is 4.90 Å². The lowest BCUT2D eigenvalue weighted by molar-refractivity contribution is -0.0297. The molecule has 142 valence electrons. The van der Waals surface area contributed by atoms with E-state index in [1.165, 1.54) is 12.1 Å². The van der Waals surface area contributed by atoms with E-state index in [0.29, 0.717) is 3.57 Å². The number of amides is 1. The lowest BCUT2D eigenvalue weighted by atomic mass is 9.94. The minimum atomic E-state index is -1.49. The van der Waals surface area contributed by atoms with Crippen molar-refractivity contribution >= 4 is 46.1 Å². The highest BCUT2D eigenvalue weighted by molar-refractivity contribution is 14.1. The number of β-amino-alcohol motifs (C(OH)–C–C–N with tert-alkyl or cyclic N) is 1. The molecule has 1 amide bonds. The predicted molar refractivity (Wildman–Crippen MR) is 99.9 cm³/mol. The van der Waals surface area contributed by atoms with Gasteiger partial charge in [0.05, 0.1) is 36.2 Å². The van der Waals surface area contributed by atoms with Crippen LogP contribution < -0.4 is 5.32 Å². The number of benzene rings is 2. The van der Waals surface area contributed by atoms with Crippen LogP contribution in [0.5, 0.6) is 0 Å². The second-order valence-corrected chi connectivity index (χ2v) is 7.29. The van der Waals surface area contributed by atoms with Crippen LogP contribution in [0.15, 0.2) is 35.5 Å². The van der Waals surface area contributed by atoms with Gasteiger partial charge in [-0.15, -0.1) is 0 Å². The van der Waals surface area contributed by atoms with Gasteiger partial charge in [-0.25, -0.2) is 13.2 Å². The Kier molecular flexibility index (Phi) is 5.29. The number of aliphatic hydroxyl groups is 1. The van der Waals surface area contributed by atoms with Crippen molar-refractivity contribution < 1.29 is 28.3 Å². The van der Waals surface area contributed by atoms with E-state index in [9.17, 15) is 23.1 Å². The molecule has 1 fully saturated rings. The third kappa shape index (κ3) is 3.86. The first-order valence-corrected chi connectivity index (χ1v) is 8.72. The van der Waals surface area contributed by atoms with Gasteiger partial charge in [0.15, 0.2) is 11.6 Å². The third-order valence-electron chi connectivity index (χ3n) is 4.03. The number of halogens is 4. The Morgan fingerprint density at radius 3 is 2.56 bits per heavy atom. The van der Waals surface area contributed by atoms with Gasteiger partial charge in [-0.05, 0) is 52.9 Å². The fourth-order valence-electron chi connectivity index (χ4n) is 2.69. The molecule has 0 spiro atoms. The summed E-state index contributed by atoms with van der Waals surface area (Å²) in [6.45, 7) is -0.377. The number of hydrogen-bond donors (Lipinski definition) is 3. The molecule has 3 rings (SSSR count). The van der Waals surface area contributed by atoms with Gasteiger partial charge in [0.2, 0.25) is 0 Å². The average molecular weight is 491 g/mol. The van der Waals surface area contributed by atoms with E-state index in [2.05, 4.69) is 10.5 Å². The molecule has 1 aliphatic rings. The SMILES string of the molecule is O=C(c1ccc(F)c(F)c1Nc1ccc(I)cc1F)N1CC(O)(/C=N\O)C1. The van der Waals surface area contributed by atoms with E-state index >= 15 is 0 Å². The first kappa shape index (κ1) is 19.4. The molecular formula is C17H13F3IN3O3. The summed E-state index contributed by atoms with van der Waals surface area (Å²) in [4.78, 5) is 13.8. The van der Waals surface area contributed by atoms with Crippen LogP contribution in [-0.4, -0.2) is 46.0 Å². The largest absolute Gasteiger partial charge is 0.411 e.